The van der Waals surface area contributed by atoms with E-state index >= 15 is 0 Å². The largest absolute Gasteiger partial charge is 0.451 e. The fourth-order valence-electron chi connectivity index (χ4n) is 3.55. The summed E-state index contributed by atoms with van der Waals surface area (Å²) in [5, 5.41) is 6.15. The molecule has 1 atom stereocenters. The van der Waals surface area contributed by atoms with E-state index in [1.165, 1.54) is 24.3 Å². The van der Waals surface area contributed by atoms with Crippen molar-refractivity contribution in [2.24, 2.45) is 5.14 Å². The monoisotopic (exact) mass is 494 g/mol. The van der Waals surface area contributed by atoms with Crippen molar-refractivity contribution in [3.05, 3.63) is 60.2 Å². The Bertz CT molecular complexity index is 1330. The first kappa shape index (κ1) is 23.5. The second-order valence-electron chi connectivity index (χ2n) is 7.78. The van der Waals surface area contributed by atoms with Gasteiger partial charge in [-0.15, -0.1) is 9.39 Å². The molecule has 0 radical (unpaired) electrons. The molecule has 1 fully saturated rings. The number of hydrogen-bond donors (Lipinski definition) is 1. The molecule has 10 heteroatoms. The minimum Gasteiger partial charge on any atom is -0.346 e. The first-order chi connectivity index (χ1) is 15.4. The number of anilines is 1. The van der Waals surface area contributed by atoms with Crippen molar-refractivity contribution in [1.82, 2.24) is 9.97 Å². The van der Waals surface area contributed by atoms with Gasteiger partial charge in [-0.05, 0) is 42.0 Å². The van der Waals surface area contributed by atoms with Gasteiger partial charge in [0, 0.05) is 22.8 Å². The molecule has 0 bridgehead atoms. The minimum absolute atomic E-state index is 0.0612. The summed E-state index contributed by atoms with van der Waals surface area (Å²) < 4.78 is 55.0. The number of benzene rings is 2. The highest BCUT2D eigenvalue weighted by atomic mass is 32.2. The lowest BCUT2D eigenvalue weighted by atomic mass is 9.99. The van der Waals surface area contributed by atoms with Crippen LogP contribution in [-0.4, -0.2) is 45.8 Å². The first-order valence-electron chi connectivity index (χ1n) is 9.78. The number of nitrogens with zero attached hydrogens (tertiary/aromatic N) is 3. The Labute approximate surface area is 192 Å². The van der Waals surface area contributed by atoms with E-state index in [4.69, 9.17) is 5.14 Å². The maximum atomic E-state index is 13.8. The highest BCUT2D eigenvalue weighted by Gasteiger charge is 2.38. The number of rotatable bonds is 4. The van der Waals surface area contributed by atoms with Crippen molar-refractivity contribution in [2.75, 3.05) is 23.1 Å². The number of nitrogens with two attached hydrogens (primary N) is 1. The van der Waals surface area contributed by atoms with E-state index in [0.717, 1.165) is 5.75 Å². The van der Waals surface area contributed by atoms with E-state index in [9.17, 15) is 17.6 Å². The zero-order valence-corrected chi connectivity index (χ0v) is 19.2. The molecule has 3 aromatic rings. The van der Waals surface area contributed by atoms with Crippen LogP contribution in [-0.2, 0) is 6.18 Å². The molecule has 0 aliphatic carbocycles. The molecule has 2 heterocycles. The van der Waals surface area contributed by atoms with Crippen LogP contribution in [0.15, 0.2) is 53.4 Å². The van der Waals surface area contributed by atoms with Crippen molar-refractivity contribution < 1.29 is 17.6 Å². The molecule has 1 aliphatic heterocycles. The van der Waals surface area contributed by atoms with Gasteiger partial charge in [-0.3, -0.25) is 5.14 Å². The third-order valence-corrected chi connectivity index (χ3v) is 7.77. The molecular formula is C23H22F4N4S2. The second-order valence-corrected chi connectivity index (χ2v) is 12.0. The van der Waals surface area contributed by atoms with Crippen LogP contribution in [0.1, 0.15) is 5.82 Å². The zero-order valence-electron chi connectivity index (χ0n) is 17.6. The van der Waals surface area contributed by atoms with Crippen LogP contribution in [0.5, 0.6) is 0 Å². The van der Waals surface area contributed by atoms with Crippen LogP contribution >= 0.6 is 19.9 Å². The van der Waals surface area contributed by atoms with Crippen LogP contribution < -0.4 is 10.0 Å². The Morgan fingerprint density at radius 1 is 1.03 bits per heavy atom. The van der Waals surface area contributed by atoms with Crippen LogP contribution in [0.4, 0.5) is 23.4 Å². The van der Waals surface area contributed by atoms with Crippen molar-refractivity contribution in [1.29, 1.82) is 0 Å². The third kappa shape index (κ3) is 4.97. The maximum Gasteiger partial charge on any atom is 0.451 e. The molecule has 33 heavy (non-hydrogen) atoms. The zero-order chi connectivity index (χ0) is 24.0. The Morgan fingerprint density at radius 3 is 2.30 bits per heavy atom. The fraction of sp³-hybridized carbons (Fsp3) is 0.174. The topological polar surface area (TPSA) is 55.0 Å². The Hall–Kier alpha value is -2.69. The summed E-state index contributed by atoms with van der Waals surface area (Å²) in [7, 11) is -2.30. The SMILES string of the molecule is C=S1CCN(c2nc(C(F)(F)F)nc(-c3ccc(F)cc3)c2-c2cccc(S(=C)(=C)N)c2)C1. The van der Waals surface area contributed by atoms with Crippen LogP contribution in [0, 0.1) is 5.82 Å². The lowest BCUT2D eigenvalue weighted by Crippen LogP contribution is -2.24. The van der Waals surface area contributed by atoms with Gasteiger partial charge >= 0.3 is 6.18 Å². The molecule has 174 valence electrons. The first-order valence-corrected chi connectivity index (χ1v) is 13.5. The number of aromatic nitrogens is 2. The van der Waals surface area contributed by atoms with Gasteiger partial charge in [-0.25, -0.2) is 14.4 Å². The van der Waals surface area contributed by atoms with E-state index in [0.29, 0.717) is 34.0 Å². The molecule has 0 spiro atoms. The Kier molecular flexibility index (Phi) is 6.10. The summed E-state index contributed by atoms with van der Waals surface area (Å²) in [5.41, 5.74) is 1.40. The van der Waals surface area contributed by atoms with E-state index in [-0.39, 0.29) is 22.0 Å². The van der Waals surface area contributed by atoms with Gasteiger partial charge in [-0.1, -0.05) is 29.7 Å². The predicted octanol–water partition coefficient (Wildman–Crippen LogP) is 5.35. The molecule has 1 aliphatic rings. The molecule has 1 aromatic heterocycles. The molecule has 0 amide bonds. The van der Waals surface area contributed by atoms with Gasteiger partial charge in [0.2, 0.25) is 5.82 Å². The summed E-state index contributed by atoms with van der Waals surface area (Å²) in [6.45, 7) is 0.521. The Morgan fingerprint density at radius 2 is 1.73 bits per heavy atom. The van der Waals surface area contributed by atoms with E-state index in [2.05, 4.69) is 27.6 Å². The van der Waals surface area contributed by atoms with E-state index in [1.54, 1.807) is 29.2 Å². The molecule has 2 N–H and O–H groups in total. The van der Waals surface area contributed by atoms with Gasteiger partial charge < -0.3 is 4.90 Å². The van der Waals surface area contributed by atoms with Crippen molar-refractivity contribution >= 4 is 43.3 Å². The standard InChI is InChI=1S/C23H22F4N4S2/c1-32-12-11-31(14-32)21-19(16-5-4-6-18(13-16)33(2,3)28)20(15-7-9-17(24)10-8-15)29-22(30-21)23(25,26)27/h4-10,13H,1-3,11-12,14,28H2. The Balaban J connectivity index is 2.07. The lowest BCUT2D eigenvalue weighted by Gasteiger charge is -2.24. The average Bonchev–Trinajstić information content (AvgIpc) is 3.18. The van der Waals surface area contributed by atoms with Gasteiger partial charge in [0.15, 0.2) is 0 Å². The summed E-state index contributed by atoms with van der Waals surface area (Å²) in [4.78, 5) is 10.4. The van der Waals surface area contributed by atoms with Crippen LogP contribution in [0.2, 0.25) is 0 Å². The summed E-state index contributed by atoms with van der Waals surface area (Å²) in [5.74, 6) is 11.6. The molecule has 0 saturated carbocycles. The predicted molar refractivity (Wildman–Crippen MR) is 134 cm³/mol. The van der Waals surface area contributed by atoms with E-state index < -0.39 is 27.2 Å². The molecule has 1 unspecified atom stereocenters. The van der Waals surface area contributed by atoms with Gasteiger partial charge in [0.05, 0.1) is 17.1 Å². The summed E-state index contributed by atoms with van der Waals surface area (Å²) in [6, 6.07) is 12.3. The fourth-order valence-corrected chi connectivity index (χ4v) is 5.56. The van der Waals surface area contributed by atoms with Crippen LogP contribution in [0.25, 0.3) is 22.4 Å². The number of alkyl halides is 3. The van der Waals surface area contributed by atoms with Crippen LogP contribution in [0.3, 0.4) is 0 Å². The normalized spacial score (nSPS) is 16.9. The highest BCUT2D eigenvalue weighted by molar-refractivity contribution is 8.26. The second kappa shape index (κ2) is 8.58. The van der Waals surface area contributed by atoms with Crippen molar-refractivity contribution in [2.45, 2.75) is 11.1 Å². The van der Waals surface area contributed by atoms with Gasteiger partial charge in [-0.2, -0.15) is 23.7 Å². The lowest BCUT2D eigenvalue weighted by molar-refractivity contribution is -0.144. The van der Waals surface area contributed by atoms with Gasteiger partial charge in [0.25, 0.3) is 0 Å². The minimum atomic E-state index is -4.76. The van der Waals surface area contributed by atoms with Gasteiger partial charge in [0.1, 0.15) is 11.6 Å². The average molecular weight is 495 g/mol. The smallest absolute Gasteiger partial charge is 0.346 e. The molecule has 4 nitrogen and oxygen atoms in total. The molecule has 4 rings (SSSR count). The number of hydrogen-bond acceptors (Lipinski definition) is 4. The van der Waals surface area contributed by atoms with Crippen molar-refractivity contribution in [3.8, 4) is 22.4 Å². The molecule has 2 aromatic carbocycles. The van der Waals surface area contributed by atoms with Crippen molar-refractivity contribution in [3.63, 3.8) is 0 Å². The quantitative estimate of drug-likeness (QED) is 0.393. The summed E-state index contributed by atoms with van der Waals surface area (Å²) >= 11 is 0. The number of halogens is 4. The third-order valence-electron chi connectivity index (χ3n) is 5.14. The van der Waals surface area contributed by atoms with E-state index in [1.807, 2.05) is 0 Å². The molecule has 1 saturated heterocycles. The highest BCUT2D eigenvalue weighted by Crippen LogP contribution is 2.43. The maximum absolute atomic E-state index is 13.8. The summed E-state index contributed by atoms with van der Waals surface area (Å²) in [6.07, 6.45) is -4.76. The molecular weight excluding hydrogens is 472 g/mol.